The monoisotopic (exact) mass is 231 g/mol. The van der Waals surface area contributed by atoms with Crippen molar-refractivity contribution < 1.29 is 8.42 Å². The van der Waals surface area contributed by atoms with Gasteiger partial charge in [0, 0.05) is 18.8 Å². The Kier molecular flexibility index (Phi) is 3.87. The molecule has 1 rings (SSSR count). The zero-order valence-electron chi connectivity index (χ0n) is 9.05. The van der Waals surface area contributed by atoms with E-state index < -0.39 is 9.84 Å². The van der Waals surface area contributed by atoms with Crippen molar-refractivity contribution in [2.45, 2.75) is 25.6 Å². The maximum absolute atomic E-state index is 11.4. The fraction of sp³-hybridized carbons (Fsp3) is 0.667. The lowest BCUT2D eigenvalue weighted by atomic mass is 10.4. The second kappa shape index (κ2) is 4.76. The Morgan fingerprint density at radius 3 is 2.67 bits per heavy atom. The molecule has 0 aliphatic carbocycles. The molecule has 0 saturated carbocycles. The summed E-state index contributed by atoms with van der Waals surface area (Å²) in [5.41, 5.74) is 5.80. The topological polar surface area (TPSA) is 78.0 Å². The first-order valence-corrected chi connectivity index (χ1v) is 6.71. The van der Waals surface area contributed by atoms with Crippen molar-refractivity contribution >= 4 is 9.84 Å². The highest BCUT2D eigenvalue weighted by Gasteiger charge is 2.13. The van der Waals surface area contributed by atoms with E-state index in [0.717, 1.165) is 0 Å². The van der Waals surface area contributed by atoms with E-state index in [4.69, 9.17) is 5.73 Å². The number of nitrogens with zero attached hydrogens (tertiary/aromatic N) is 2. The Morgan fingerprint density at radius 1 is 1.53 bits per heavy atom. The molecule has 0 radical (unpaired) electrons. The van der Waals surface area contributed by atoms with Crippen molar-refractivity contribution in [1.29, 1.82) is 0 Å². The second-order valence-electron chi connectivity index (χ2n) is 3.76. The van der Waals surface area contributed by atoms with Gasteiger partial charge in [-0.15, -0.1) is 0 Å². The molecule has 0 atom stereocenters. The molecule has 0 unspecified atom stereocenters. The maximum atomic E-state index is 11.4. The van der Waals surface area contributed by atoms with Crippen LogP contribution in [0.1, 0.15) is 25.6 Å². The molecular weight excluding hydrogens is 214 g/mol. The molecule has 6 heteroatoms. The SMILES string of the molecule is CC(C)n1ccc(CS(=O)(=O)CCN)n1. The number of hydrogen-bond donors (Lipinski definition) is 1. The number of hydrogen-bond acceptors (Lipinski definition) is 4. The van der Waals surface area contributed by atoms with Gasteiger partial charge in [-0.2, -0.15) is 5.10 Å². The first-order valence-electron chi connectivity index (χ1n) is 4.89. The van der Waals surface area contributed by atoms with E-state index in [9.17, 15) is 8.42 Å². The van der Waals surface area contributed by atoms with Crippen molar-refractivity contribution in [2.24, 2.45) is 5.73 Å². The van der Waals surface area contributed by atoms with Gasteiger partial charge in [-0.1, -0.05) is 0 Å². The number of aromatic nitrogens is 2. The van der Waals surface area contributed by atoms with E-state index in [2.05, 4.69) is 5.10 Å². The minimum atomic E-state index is -3.10. The van der Waals surface area contributed by atoms with Crippen LogP contribution in [0.3, 0.4) is 0 Å². The van der Waals surface area contributed by atoms with Gasteiger partial charge < -0.3 is 5.73 Å². The summed E-state index contributed by atoms with van der Waals surface area (Å²) in [4.78, 5) is 0. The fourth-order valence-electron chi connectivity index (χ4n) is 1.22. The Morgan fingerprint density at radius 2 is 2.20 bits per heavy atom. The Balaban J connectivity index is 2.73. The standard InChI is InChI=1S/C9H17N3O2S/c1-8(2)12-5-3-9(11-12)7-15(13,14)6-4-10/h3,5,8H,4,6-7,10H2,1-2H3. The van der Waals surface area contributed by atoms with Crippen molar-refractivity contribution in [3.8, 4) is 0 Å². The van der Waals surface area contributed by atoms with E-state index >= 15 is 0 Å². The molecule has 2 N–H and O–H groups in total. The Hall–Kier alpha value is -0.880. The normalized spacial score (nSPS) is 12.3. The van der Waals surface area contributed by atoms with Crippen LogP contribution in [0, 0.1) is 0 Å². The average Bonchev–Trinajstić information content (AvgIpc) is 2.51. The molecule has 0 bridgehead atoms. The van der Waals surface area contributed by atoms with Gasteiger partial charge in [0.25, 0.3) is 0 Å². The molecule has 0 saturated heterocycles. The van der Waals surface area contributed by atoms with Gasteiger partial charge in [-0.3, -0.25) is 4.68 Å². The first kappa shape index (κ1) is 12.2. The molecule has 0 fully saturated rings. The molecule has 15 heavy (non-hydrogen) atoms. The smallest absolute Gasteiger partial charge is 0.157 e. The highest BCUT2D eigenvalue weighted by molar-refractivity contribution is 7.90. The molecule has 0 aromatic carbocycles. The fourth-order valence-corrected chi connectivity index (χ4v) is 2.33. The minimum Gasteiger partial charge on any atom is -0.329 e. The van der Waals surface area contributed by atoms with Gasteiger partial charge in [-0.05, 0) is 19.9 Å². The lowest BCUT2D eigenvalue weighted by Gasteiger charge is -2.04. The summed E-state index contributed by atoms with van der Waals surface area (Å²) in [6, 6.07) is 1.98. The van der Waals surface area contributed by atoms with E-state index in [0.29, 0.717) is 5.69 Å². The summed E-state index contributed by atoms with van der Waals surface area (Å²) in [5, 5.41) is 4.17. The summed E-state index contributed by atoms with van der Waals surface area (Å²) in [6.07, 6.45) is 1.79. The zero-order chi connectivity index (χ0) is 11.5. The van der Waals surface area contributed by atoms with Gasteiger partial charge in [0.1, 0.15) is 0 Å². The van der Waals surface area contributed by atoms with Crippen molar-refractivity contribution in [1.82, 2.24) is 9.78 Å². The summed E-state index contributed by atoms with van der Waals surface area (Å²) in [6.45, 7) is 4.14. The molecule has 0 amide bonds. The predicted octanol–water partition coefficient (Wildman–Crippen LogP) is 0.338. The van der Waals surface area contributed by atoms with Crippen LogP contribution in [-0.2, 0) is 15.6 Å². The van der Waals surface area contributed by atoms with Crippen LogP contribution in [0.2, 0.25) is 0 Å². The van der Waals surface area contributed by atoms with E-state index in [1.165, 1.54) is 0 Å². The van der Waals surface area contributed by atoms with Gasteiger partial charge in [0.05, 0.1) is 17.2 Å². The zero-order valence-corrected chi connectivity index (χ0v) is 9.87. The number of sulfone groups is 1. The summed E-state index contributed by atoms with van der Waals surface area (Å²) in [7, 11) is -3.10. The minimum absolute atomic E-state index is 0.0154. The van der Waals surface area contributed by atoms with Gasteiger partial charge in [0.2, 0.25) is 0 Å². The number of rotatable bonds is 5. The van der Waals surface area contributed by atoms with E-state index in [1.807, 2.05) is 13.8 Å². The van der Waals surface area contributed by atoms with Crippen LogP contribution in [0.4, 0.5) is 0 Å². The molecule has 0 aliphatic heterocycles. The molecule has 86 valence electrons. The molecule has 0 spiro atoms. The van der Waals surface area contributed by atoms with Crippen LogP contribution < -0.4 is 5.73 Å². The third-order valence-corrected chi connectivity index (χ3v) is 3.58. The van der Waals surface area contributed by atoms with Crippen LogP contribution >= 0.6 is 0 Å². The summed E-state index contributed by atoms with van der Waals surface area (Å²) >= 11 is 0. The predicted molar refractivity (Wildman–Crippen MR) is 59.2 cm³/mol. The second-order valence-corrected chi connectivity index (χ2v) is 5.95. The molecule has 1 aromatic heterocycles. The third kappa shape index (κ3) is 3.64. The van der Waals surface area contributed by atoms with Gasteiger partial charge >= 0.3 is 0 Å². The summed E-state index contributed by atoms with van der Waals surface area (Å²) < 4.78 is 24.6. The van der Waals surface area contributed by atoms with Crippen LogP contribution in [-0.4, -0.2) is 30.5 Å². The van der Waals surface area contributed by atoms with Crippen molar-refractivity contribution in [3.63, 3.8) is 0 Å². The Labute approximate surface area is 90.2 Å². The quantitative estimate of drug-likeness (QED) is 0.792. The molecule has 1 heterocycles. The lowest BCUT2D eigenvalue weighted by Crippen LogP contribution is -2.17. The average molecular weight is 231 g/mol. The lowest BCUT2D eigenvalue weighted by molar-refractivity contribution is 0.527. The highest BCUT2D eigenvalue weighted by Crippen LogP contribution is 2.07. The third-order valence-electron chi connectivity index (χ3n) is 1.99. The molecule has 0 aliphatic rings. The van der Waals surface area contributed by atoms with Crippen LogP contribution in [0.25, 0.3) is 0 Å². The van der Waals surface area contributed by atoms with E-state index in [-0.39, 0.29) is 24.1 Å². The van der Waals surface area contributed by atoms with E-state index in [1.54, 1.807) is 16.9 Å². The molecule has 1 aromatic rings. The largest absolute Gasteiger partial charge is 0.329 e. The molecular formula is C9H17N3O2S. The Bertz CT molecular complexity index is 409. The molecule has 5 nitrogen and oxygen atoms in total. The van der Waals surface area contributed by atoms with Crippen LogP contribution in [0.5, 0.6) is 0 Å². The van der Waals surface area contributed by atoms with Gasteiger partial charge in [-0.25, -0.2) is 8.42 Å². The van der Waals surface area contributed by atoms with Crippen molar-refractivity contribution in [2.75, 3.05) is 12.3 Å². The van der Waals surface area contributed by atoms with Gasteiger partial charge in [0.15, 0.2) is 9.84 Å². The highest BCUT2D eigenvalue weighted by atomic mass is 32.2. The summed E-state index contributed by atoms with van der Waals surface area (Å²) in [5.74, 6) is -0.00847. The number of nitrogens with two attached hydrogens (primary N) is 1. The van der Waals surface area contributed by atoms with Crippen LogP contribution in [0.15, 0.2) is 12.3 Å². The van der Waals surface area contributed by atoms with Crippen molar-refractivity contribution in [3.05, 3.63) is 18.0 Å². The maximum Gasteiger partial charge on any atom is 0.157 e. The first-order chi connectivity index (χ1) is 6.94.